The van der Waals surface area contributed by atoms with Crippen LogP contribution in [0.5, 0.6) is 0 Å². The van der Waals surface area contributed by atoms with Crippen molar-refractivity contribution in [3.05, 3.63) is 41.7 Å². The summed E-state index contributed by atoms with van der Waals surface area (Å²) in [5.74, 6) is 6.11. The molecule has 0 fully saturated rings. The Kier molecular flexibility index (Phi) is 4.21. The maximum absolute atomic E-state index is 12.2. The molecule has 2 heterocycles. The number of rotatable bonds is 4. The molecule has 0 bridgehead atoms. The number of nitrogens with zero attached hydrogens (tertiary/aromatic N) is 3. The Bertz CT molecular complexity index is 599. The summed E-state index contributed by atoms with van der Waals surface area (Å²) in [6.45, 7) is 3.99. The van der Waals surface area contributed by atoms with E-state index in [0.29, 0.717) is 17.2 Å². The Hall–Kier alpha value is -2.54. The average molecular weight is 272 g/mol. The van der Waals surface area contributed by atoms with E-state index in [1.807, 2.05) is 13.8 Å². The van der Waals surface area contributed by atoms with E-state index in [0.717, 1.165) is 5.69 Å². The van der Waals surface area contributed by atoms with Crippen molar-refractivity contribution in [3.8, 4) is 0 Å². The van der Waals surface area contributed by atoms with Gasteiger partial charge >= 0.3 is 0 Å². The number of carbonyl (C=O) groups excluding carboxylic acids is 1. The number of pyridine rings is 1. The minimum atomic E-state index is -0.286. The van der Waals surface area contributed by atoms with Gasteiger partial charge in [-0.15, -0.1) is 5.10 Å². The van der Waals surface area contributed by atoms with Crippen LogP contribution in [0.2, 0.25) is 0 Å². The van der Waals surface area contributed by atoms with Gasteiger partial charge in [0.2, 0.25) is 0 Å². The Balaban J connectivity index is 2.27. The summed E-state index contributed by atoms with van der Waals surface area (Å²) in [6, 6.07) is 6.67. The molecule has 0 aliphatic rings. The minimum absolute atomic E-state index is 0.186. The van der Waals surface area contributed by atoms with E-state index in [2.05, 4.69) is 25.9 Å². The van der Waals surface area contributed by atoms with Crippen molar-refractivity contribution in [2.45, 2.75) is 19.8 Å². The molecule has 0 aromatic carbocycles. The summed E-state index contributed by atoms with van der Waals surface area (Å²) in [6.07, 6.45) is 1.54. The highest BCUT2D eigenvalue weighted by molar-refractivity contribution is 6.04. The number of hydrazine groups is 1. The second-order valence-electron chi connectivity index (χ2n) is 4.53. The lowest BCUT2D eigenvalue weighted by Gasteiger charge is -2.10. The molecule has 2 rings (SSSR count). The first-order chi connectivity index (χ1) is 9.60. The predicted octanol–water partition coefficient (Wildman–Crippen LogP) is 1.53. The van der Waals surface area contributed by atoms with Crippen LogP contribution < -0.4 is 16.6 Å². The number of amides is 1. The monoisotopic (exact) mass is 272 g/mol. The van der Waals surface area contributed by atoms with E-state index < -0.39 is 0 Å². The number of anilines is 2. The molecule has 0 saturated carbocycles. The highest BCUT2D eigenvalue weighted by Crippen LogP contribution is 2.18. The molecule has 0 aliphatic carbocycles. The molecule has 0 aliphatic heterocycles. The van der Waals surface area contributed by atoms with E-state index in [1.54, 1.807) is 24.3 Å². The summed E-state index contributed by atoms with van der Waals surface area (Å²) in [5, 5.41) is 10.2. The predicted molar refractivity (Wildman–Crippen MR) is 76.1 cm³/mol. The molecule has 0 spiro atoms. The zero-order valence-electron chi connectivity index (χ0n) is 11.3. The van der Waals surface area contributed by atoms with Gasteiger partial charge in [0.05, 0.1) is 0 Å². The van der Waals surface area contributed by atoms with Crippen LogP contribution in [-0.4, -0.2) is 21.1 Å². The van der Waals surface area contributed by atoms with Crippen molar-refractivity contribution < 1.29 is 4.79 Å². The summed E-state index contributed by atoms with van der Waals surface area (Å²) in [4.78, 5) is 16.5. The molecule has 104 valence electrons. The normalized spacial score (nSPS) is 10.4. The third-order valence-corrected chi connectivity index (χ3v) is 2.66. The molecule has 7 heteroatoms. The lowest BCUT2D eigenvalue weighted by Crippen LogP contribution is -2.16. The topological polar surface area (TPSA) is 106 Å². The van der Waals surface area contributed by atoms with Crippen molar-refractivity contribution >= 4 is 17.5 Å². The van der Waals surface area contributed by atoms with E-state index >= 15 is 0 Å². The number of hydrogen-bond acceptors (Lipinski definition) is 6. The first kappa shape index (κ1) is 13.9. The summed E-state index contributed by atoms with van der Waals surface area (Å²) in [5.41, 5.74) is 3.70. The molecule has 2 aromatic rings. The first-order valence-corrected chi connectivity index (χ1v) is 6.18. The van der Waals surface area contributed by atoms with Crippen molar-refractivity contribution in [2.24, 2.45) is 5.84 Å². The standard InChI is InChI=1S/C13H16N6O/c1-8(2)10-6-9(7-12(16-10)18-14)13(20)17-11-4-3-5-15-19-11/h3-8H,14H2,1-2H3,(H,16,18)(H,17,19,20). The zero-order chi connectivity index (χ0) is 14.5. The van der Waals surface area contributed by atoms with Crippen LogP contribution in [0.25, 0.3) is 0 Å². The fraction of sp³-hybridized carbons (Fsp3) is 0.231. The van der Waals surface area contributed by atoms with Crippen LogP contribution >= 0.6 is 0 Å². The van der Waals surface area contributed by atoms with Crippen LogP contribution in [-0.2, 0) is 0 Å². The zero-order valence-corrected chi connectivity index (χ0v) is 11.3. The lowest BCUT2D eigenvalue weighted by atomic mass is 10.1. The third kappa shape index (κ3) is 3.27. The Morgan fingerprint density at radius 1 is 1.30 bits per heavy atom. The number of carbonyl (C=O) groups is 1. The van der Waals surface area contributed by atoms with Crippen molar-refractivity contribution in [1.82, 2.24) is 15.2 Å². The van der Waals surface area contributed by atoms with Gasteiger partial charge in [-0.05, 0) is 30.2 Å². The SMILES string of the molecule is CC(C)c1cc(C(=O)Nc2cccnn2)cc(NN)n1. The minimum Gasteiger partial charge on any atom is -0.308 e. The molecule has 0 unspecified atom stereocenters. The quantitative estimate of drug-likeness (QED) is 0.575. The van der Waals surface area contributed by atoms with Crippen LogP contribution in [0.3, 0.4) is 0 Å². The van der Waals surface area contributed by atoms with Crippen LogP contribution in [0, 0.1) is 0 Å². The Labute approximate surface area is 116 Å². The van der Waals surface area contributed by atoms with E-state index in [1.165, 1.54) is 6.20 Å². The second-order valence-corrected chi connectivity index (χ2v) is 4.53. The molecule has 2 aromatic heterocycles. The van der Waals surface area contributed by atoms with Crippen LogP contribution in [0.15, 0.2) is 30.5 Å². The van der Waals surface area contributed by atoms with Crippen molar-refractivity contribution in [2.75, 3.05) is 10.7 Å². The molecule has 1 amide bonds. The summed E-state index contributed by atoms with van der Waals surface area (Å²) in [7, 11) is 0. The van der Waals surface area contributed by atoms with Gasteiger partial charge in [0.15, 0.2) is 5.82 Å². The number of nitrogens with two attached hydrogens (primary N) is 1. The number of nitrogen functional groups attached to an aromatic ring is 1. The van der Waals surface area contributed by atoms with Gasteiger partial charge in [0.25, 0.3) is 5.91 Å². The third-order valence-electron chi connectivity index (χ3n) is 2.66. The average Bonchev–Trinajstić information content (AvgIpc) is 2.47. The molecule has 7 nitrogen and oxygen atoms in total. The largest absolute Gasteiger partial charge is 0.308 e. The van der Waals surface area contributed by atoms with Crippen LogP contribution in [0.4, 0.5) is 11.6 Å². The smallest absolute Gasteiger partial charge is 0.257 e. The summed E-state index contributed by atoms with van der Waals surface area (Å²) < 4.78 is 0. The van der Waals surface area contributed by atoms with Crippen LogP contribution in [0.1, 0.15) is 35.8 Å². The van der Waals surface area contributed by atoms with Gasteiger partial charge in [-0.1, -0.05) is 13.8 Å². The number of hydrogen-bond donors (Lipinski definition) is 3. The van der Waals surface area contributed by atoms with Gasteiger partial charge in [0, 0.05) is 17.5 Å². The molecule has 20 heavy (non-hydrogen) atoms. The summed E-state index contributed by atoms with van der Waals surface area (Å²) >= 11 is 0. The van der Waals surface area contributed by atoms with Gasteiger partial charge in [-0.25, -0.2) is 10.8 Å². The van der Waals surface area contributed by atoms with Gasteiger partial charge in [0.1, 0.15) is 5.82 Å². The maximum Gasteiger partial charge on any atom is 0.257 e. The number of aromatic nitrogens is 3. The molecule has 0 radical (unpaired) electrons. The van der Waals surface area contributed by atoms with Gasteiger partial charge in [-0.3, -0.25) is 4.79 Å². The maximum atomic E-state index is 12.2. The molecule has 4 N–H and O–H groups in total. The second kappa shape index (κ2) is 6.07. The number of nitrogens with one attached hydrogen (secondary N) is 2. The van der Waals surface area contributed by atoms with Gasteiger partial charge < -0.3 is 10.7 Å². The van der Waals surface area contributed by atoms with Crippen molar-refractivity contribution in [1.29, 1.82) is 0 Å². The van der Waals surface area contributed by atoms with E-state index in [4.69, 9.17) is 5.84 Å². The van der Waals surface area contributed by atoms with E-state index in [-0.39, 0.29) is 11.8 Å². The Morgan fingerprint density at radius 2 is 2.10 bits per heavy atom. The molecular formula is C13H16N6O. The fourth-order valence-electron chi connectivity index (χ4n) is 1.61. The molecule has 0 atom stereocenters. The van der Waals surface area contributed by atoms with E-state index in [9.17, 15) is 4.79 Å². The molecule has 0 saturated heterocycles. The van der Waals surface area contributed by atoms with Gasteiger partial charge in [-0.2, -0.15) is 5.10 Å². The lowest BCUT2D eigenvalue weighted by molar-refractivity contribution is 0.102. The first-order valence-electron chi connectivity index (χ1n) is 6.18. The Morgan fingerprint density at radius 3 is 2.70 bits per heavy atom. The van der Waals surface area contributed by atoms with Crippen molar-refractivity contribution in [3.63, 3.8) is 0 Å². The highest BCUT2D eigenvalue weighted by atomic mass is 16.1. The highest BCUT2D eigenvalue weighted by Gasteiger charge is 2.12. The molecular weight excluding hydrogens is 256 g/mol. The fourth-order valence-corrected chi connectivity index (χ4v) is 1.61.